The van der Waals surface area contributed by atoms with Gasteiger partial charge in [-0.05, 0) is 37.5 Å². The number of carbonyl (C=O) groups is 3. The van der Waals surface area contributed by atoms with E-state index in [1.807, 2.05) is 68.4 Å². The van der Waals surface area contributed by atoms with Crippen LogP contribution >= 0.6 is 0 Å². The summed E-state index contributed by atoms with van der Waals surface area (Å²) < 4.78 is 5.65. The SMILES string of the molecule is CCN(CC)C(=O)CCCC(=O)NNC(=O)COc1ccccc1Cc1ccccc1. The Morgan fingerprint density at radius 1 is 0.839 bits per heavy atom. The fourth-order valence-corrected chi connectivity index (χ4v) is 3.12. The van der Waals surface area contributed by atoms with E-state index in [-0.39, 0.29) is 24.8 Å². The minimum absolute atomic E-state index is 0.0319. The molecule has 0 fully saturated rings. The molecule has 0 bridgehead atoms. The Bertz CT molecular complexity index is 851. The molecule has 0 atom stereocenters. The van der Waals surface area contributed by atoms with Gasteiger partial charge in [0.05, 0.1) is 0 Å². The van der Waals surface area contributed by atoms with Crippen LogP contribution in [0.4, 0.5) is 0 Å². The predicted octanol–water partition coefficient (Wildman–Crippen LogP) is 2.84. The van der Waals surface area contributed by atoms with E-state index >= 15 is 0 Å². The van der Waals surface area contributed by atoms with E-state index in [1.165, 1.54) is 0 Å². The first-order valence-electron chi connectivity index (χ1n) is 10.6. The second-order valence-electron chi connectivity index (χ2n) is 7.07. The summed E-state index contributed by atoms with van der Waals surface area (Å²) in [5.74, 6) is -0.139. The Hall–Kier alpha value is -3.35. The second kappa shape index (κ2) is 13.1. The van der Waals surface area contributed by atoms with Crippen LogP contribution in [0.15, 0.2) is 54.6 Å². The van der Waals surface area contributed by atoms with Gasteiger partial charge in [0.25, 0.3) is 5.91 Å². The third-order valence-corrected chi connectivity index (χ3v) is 4.82. The van der Waals surface area contributed by atoms with Gasteiger partial charge in [-0.2, -0.15) is 0 Å². The third kappa shape index (κ3) is 8.50. The number of carbonyl (C=O) groups excluding carboxylic acids is 3. The van der Waals surface area contributed by atoms with Crippen molar-refractivity contribution < 1.29 is 19.1 Å². The van der Waals surface area contributed by atoms with Crippen LogP contribution in [0.2, 0.25) is 0 Å². The highest BCUT2D eigenvalue weighted by Crippen LogP contribution is 2.21. The minimum atomic E-state index is -0.456. The molecule has 0 aliphatic rings. The van der Waals surface area contributed by atoms with Crippen molar-refractivity contribution in [3.8, 4) is 5.75 Å². The van der Waals surface area contributed by atoms with Gasteiger partial charge in [-0.15, -0.1) is 0 Å². The zero-order valence-corrected chi connectivity index (χ0v) is 18.2. The smallest absolute Gasteiger partial charge is 0.276 e. The van der Waals surface area contributed by atoms with Crippen LogP contribution in [0.25, 0.3) is 0 Å². The van der Waals surface area contributed by atoms with Crippen LogP contribution in [0.1, 0.15) is 44.2 Å². The van der Waals surface area contributed by atoms with Crippen LogP contribution in [-0.4, -0.2) is 42.3 Å². The first-order chi connectivity index (χ1) is 15.0. The summed E-state index contributed by atoms with van der Waals surface area (Å²) in [5, 5.41) is 0. The lowest BCUT2D eigenvalue weighted by Gasteiger charge is -2.18. The van der Waals surface area contributed by atoms with E-state index in [2.05, 4.69) is 10.9 Å². The van der Waals surface area contributed by atoms with Crippen LogP contribution in [0.5, 0.6) is 5.75 Å². The van der Waals surface area contributed by atoms with Crippen molar-refractivity contribution in [1.29, 1.82) is 0 Å². The molecular weight excluding hydrogens is 394 g/mol. The molecule has 7 heteroatoms. The zero-order valence-electron chi connectivity index (χ0n) is 18.2. The van der Waals surface area contributed by atoms with Crippen molar-refractivity contribution in [3.05, 3.63) is 65.7 Å². The molecule has 2 rings (SSSR count). The molecule has 166 valence electrons. The fourth-order valence-electron chi connectivity index (χ4n) is 3.12. The van der Waals surface area contributed by atoms with Gasteiger partial charge in [0.15, 0.2) is 6.61 Å². The highest BCUT2D eigenvalue weighted by molar-refractivity contribution is 5.83. The maximum Gasteiger partial charge on any atom is 0.276 e. The quantitative estimate of drug-likeness (QED) is 0.542. The lowest BCUT2D eigenvalue weighted by molar-refractivity contribution is -0.132. The summed E-state index contributed by atoms with van der Waals surface area (Å²) in [6.45, 7) is 4.95. The maximum absolute atomic E-state index is 12.0. The molecule has 2 aromatic rings. The normalized spacial score (nSPS) is 10.3. The molecular formula is C24H31N3O4. The molecule has 0 saturated heterocycles. The molecule has 7 nitrogen and oxygen atoms in total. The van der Waals surface area contributed by atoms with E-state index in [0.717, 1.165) is 11.1 Å². The number of benzene rings is 2. The van der Waals surface area contributed by atoms with Gasteiger partial charge in [0, 0.05) is 32.4 Å². The molecule has 0 aliphatic heterocycles. The Morgan fingerprint density at radius 2 is 1.48 bits per heavy atom. The number of para-hydroxylation sites is 1. The van der Waals surface area contributed by atoms with Crippen molar-refractivity contribution in [2.45, 2.75) is 39.5 Å². The number of rotatable bonds is 11. The molecule has 0 saturated carbocycles. The van der Waals surface area contributed by atoms with Gasteiger partial charge >= 0.3 is 0 Å². The van der Waals surface area contributed by atoms with Gasteiger partial charge in [0.2, 0.25) is 11.8 Å². The van der Waals surface area contributed by atoms with E-state index < -0.39 is 5.91 Å². The second-order valence-corrected chi connectivity index (χ2v) is 7.07. The summed E-state index contributed by atoms with van der Waals surface area (Å²) in [6.07, 6.45) is 1.60. The summed E-state index contributed by atoms with van der Waals surface area (Å²) in [6, 6.07) is 17.6. The number of hydrogen-bond donors (Lipinski definition) is 2. The Morgan fingerprint density at radius 3 is 2.19 bits per heavy atom. The van der Waals surface area contributed by atoms with E-state index in [1.54, 1.807) is 4.90 Å². The van der Waals surface area contributed by atoms with Gasteiger partial charge in [-0.25, -0.2) is 0 Å². The third-order valence-electron chi connectivity index (χ3n) is 4.82. The van der Waals surface area contributed by atoms with Crippen LogP contribution in [0, 0.1) is 0 Å². The van der Waals surface area contributed by atoms with Crippen molar-refractivity contribution >= 4 is 17.7 Å². The van der Waals surface area contributed by atoms with E-state index in [9.17, 15) is 14.4 Å². The Kier molecular flexibility index (Phi) is 10.1. The predicted molar refractivity (Wildman–Crippen MR) is 119 cm³/mol. The Balaban J connectivity index is 1.71. The topological polar surface area (TPSA) is 87.7 Å². The molecule has 0 heterocycles. The van der Waals surface area contributed by atoms with Crippen molar-refractivity contribution in [2.75, 3.05) is 19.7 Å². The molecule has 0 unspecified atom stereocenters. The first kappa shape index (κ1) is 23.9. The highest BCUT2D eigenvalue weighted by atomic mass is 16.5. The molecule has 31 heavy (non-hydrogen) atoms. The monoisotopic (exact) mass is 425 g/mol. The number of amides is 3. The largest absolute Gasteiger partial charge is 0.483 e. The number of nitrogens with zero attached hydrogens (tertiary/aromatic N) is 1. The zero-order chi connectivity index (χ0) is 22.5. The van der Waals surface area contributed by atoms with Gasteiger partial charge in [0.1, 0.15) is 5.75 Å². The number of hydrazine groups is 1. The molecule has 2 N–H and O–H groups in total. The van der Waals surface area contributed by atoms with Crippen molar-refractivity contribution in [1.82, 2.24) is 15.8 Å². The molecule has 0 radical (unpaired) electrons. The van der Waals surface area contributed by atoms with Crippen LogP contribution in [0.3, 0.4) is 0 Å². The fraction of sp³-hybridized carbons (Fsp3) is 0.375. The number of hydrogen-bond acceptors (Lipinski definition) is 4. The molecule has 0 aromatic heterocycles. The lowest BCUT2D eigenvalue weighted by atomic mass is 10.0. The average Bonchev–Trinajstić information content (AvgIpc) is 2.78. The summed E-state index contributed by atoms with van der Waals surface area (Å²) in [5.41, 5.74) is 6.83. The summed E-state index contributed by atoms with van der Waals surface area (Å²) in [4.78, 5) is 37.6. The Labute approximate surface area is 183 Å². The molecule has 0 spiro atoms. The summed E-state index contributed by atoms with van der Waals surface area (Å²) >= 11 is 0. The highest BCUT2D eigenvalue weighted by Gasteiger charge is 2.11. The van der Waals surface area contributed by atoms with Gasteiger partial charge in [-0.1, -0.05) is 48.5 Å². The van der Waals surface area contributed by atoms with Gasteiger partial charge < -0.3 is 9.64 Å². The average molecular weight is 426 g/mol. The lowest BCUT2D eigenvalue weighted by Crippen LogP contribution is -2.43. The molecule has 2 aromatic carbocycles. The summed E-state index contributed by atoms with van der Waals surface area (Å²) in [7, 11) is 0. The number of nitrogens with one attached hydrogen (secondary N) is 2. The van der Waals surface area contributed by atoms with E-state index in [4.69, 9.17) is 4.74 Å². The maximum atomic E-state index is 12.0. The van der Waals surface area contributed by atoms with Crippen LogP contribution in [-0.2, 0) is 20.8 Å². The minimum Gasteiger partial charge on any atom is -0.483 e. The molecule has 0 aliphatic carbocycles. The van der Waals surface area contributed by atoms with E-state index in [0.29, 0.717) is 38.1 Å². The molecule has 3 amide bonds. The number of ether oxygens (including phenoxy) is 1. The van der Waals surface area contributed by atoms with Crippen molar-refractivity contribution in [2.24, 2.45) is 0 Å². The van der Waals surface area contributed by atoms with Gasteiger partial charge in [-0.3, -0.25) is 25.2 Å². The first-order valence-corrected chi connectivity index (χ1v) is 10.6. The standard InChI is InChI=1S/C24H31N3O4/c1-3-27(4-2)24(30)16-10-15-22(28)25-26-23(29)18-31-21-14-9-8-13-20(21)17-19-11-6-5-7-12-19/h5-9,11-14H,3-4,10,15-18H2,1-2H3,(H,25,28)(H,26,29). The van der Waals surface area contributed by atoms with Crippen LogP contribution < -0.4 is 15.6 Å². The van der Waals surface area contributed by atoms with Crippen molar-refractivity contribution in [3.63, 3.8) is 0 Å².